The van der Waals surface area contributed by atoms with E-state index in [9.17, 15) is 17.1 Å². The van der Waals surface area contributed by atoms with E-state index < -0.39 is 21.8 Å². The third kappa shape index (κ3) is 1.68. The molecule has 0 spiro atoms. The van der Waals surface area contributed by atoms with Crippen LogP contribution in [0.3, 0.4) is 0 Å². The monoisotopic (exact) mass is 264 g/mol. The van der Waals surface area contributed by atoms with Gasteiger partial charge in [0.25, 0.3) is 0 Å². The fourth-order valence-corrected chi connectivity index (χ4v) is 4.39. The molecule has 1 aliphatic heterocycles. The number of rotatable bonds is 1. The van der Waals surface area contributed by atoms with E-state index >= 15 is 0 Å². The first-order valence-corrected chi connectivity index (χ1v) is 6.72. The molecule has 0 saturated heterocycles. The van der Waals surface area contributed by atoms with E-state index in [1.54, 1.807) is 19.9 Å². The fourth-order valence-electron chi connectivity index (χ4n) is 1.97. The lowest BCUT2D eigenvalue weighted by Gasteiger charge is -2.33. The van der Waals surface area contributed by atoms with E-state index in [0.717, 1.165) is 0 Å². The van der Waals surface area contributed by atoms with E-state index in [0.29, 0.717) is 5.56 Å². The molecule has 1 aliphatic rings. The number of hydrogen-bond acceptors (Lipinski definition) is 0. The Hall–Kier alpha value is -0.970. The van der Waals surface area contributed by atoms with Gasteiger partial charge in [0.05, 0.1) is 10.4 Å². The summed E-state index contributed by atoms with van der Waals surface area (Å²) < 4.78 is 53.8. The molecule has 0 fully saturated rings. The van der Waals surface area contributed by atoms with Gasteiger partial charge in [-0.3, -0.25) is 0 Å². The van der Waals surface area contributed by atoms with Gasteiger partial charge in [0, 0.05) is 9.80 Å². The van der Waals surface area contributed by atoms with Gasteiger partial charge in [-0.25, -0.2) is 0 Å². The van der Waals surface area contributed by atoms with Crippen LogP contribution in [-0.4, -0.2) is 5.51 Å². The lowest BCUT2D eigenvalue weighted by Crippen LogP contribution is -2.18. The van der Waals surface area contributed by atoms with E-state index in [1.165, 1.54) is 24.3 Å². The second-order valence-corrected chi connectivity index (χ2v) is 6.67. The number of benzene rings is 1. The molecule has 0 amide bonds. The Morgan fingerprint density at radius 1 is 1.12 bits per heavy atom. The van der Waals surface area contributed by atoms with Gasteiger partial charge in [0.1, 0.15) is 0 Å². The van der Waals surface area contributed by atoms with Crippen molar-refractivity contribution in [3.63, 3.8) is 0 Å². The smallest absolute Gasteiger partial charge is 0.172 e. The molecule has 1 aromatic carbocycles. The topological polar surface area (TPSA) is 0 Å². The van der Waals surface area contributed by atoms with Crippen LogP contribution in [0, 0.1) is 5.92 Å². The third-order valence-corrected chi connectivity index (χ3v) is 5.59. The zero-order valence-corrected chi connectivity index (χ0v) is 10.2. The van der Waals surface area contributed by atoms with E-state index in [4.69, 9.17) is 0 Å². The first kappa shape index (κ1) is 12.5. The fraction of sp³-hybridized carbons (Fsp3) is 0.333. The van der Waals surface area contributed by atoms with Gasteiger partial charge in [0.2, 0.25) is 0 Å². The number of fused-ring (bicyclic) bond motifs is 1. The summed E-state index contributed by atoms with van der Waals surface area (Å²) in [6, 6.07) is 5.83. The second kappa shape index (κ2) is 3.77. The SMILES string of the molecule is CC(C)C1=Cc2ccccc2S1(F)C(F)(F)F. The maximum atomic E-state index is 14.6. The van der Waals surface area contributed by atoms with Crippen molar-refractivity contribution >= 4 is 16.5 Å². The molecular weight excluding hydrogens is 252 g/mol. The zero-order chi connectivity index (χ0) is 12.8. The van der Waals surface area contributed by atoms with Crippen molar-refractivity contribution in [2.75, 3.05) is 0 Å². The molecule has 5 heteroatoms. The van der Waals surface area contributed by atoms with Gasteiger partial charge in [-0.1, -0.05) is 32.0 Å². The van der Waals surface area contributed by atoms with Crippen molar-refractivity contribution < 1.29 is 17.1 Å². The van der Waals surface area contributed by atoms with Gasteiger partial charge in [-0.05, 0) is 23.6 Å². The molecule has 0 aromatic heterocycles. The molecule has 1 heterocycles. The van der Waals surface area contributed by atoms with E-state index in [-0.39, 0.29) is 9.80 Å². The van der Waals surface area contributed by atoms with Gasteiger partial charge in [-0.15, -0.1) is 0 Å². The minimum atomic E-state index is -4.84. The van der Waals surface area contributed by atoms with Crippen molar-refractivity contribution in [1.82, 2.24) is 0 Å². The van der Waals surface area contributed by atoms with Crippen LogP contribution in [0.2, 0.25) is 0 Å². The molecule has 2 rings (SSSR count). The third-order valence-electron chi connectivity index (χ3n) is 2.73. The maximum absolute atomic E-state index is 14.6. The minimum Gasteiger partial charge on any atom is -0.172 e. The Balaban J connectivity index is 2.67. The highest BCUT2D eigenvalue weighted by molar-refractivity contribution is 8.33. The predicted molar refractivity (Wildman–Crippen MR) is 62.3 cm³/mol. The van der Waals surface area contributed by atoms with Crippen LogP contribution < -0.4 is 0 Å². The molecule has 0 N–H and O–H groups in total. The number of allylic oxidation sites excluding steroid dienone is 1. The van der Waals surface area contributed by atoms with Crippen molar-refractivity contribution in [1.29, 1.82) is 0 Å². The van der Waals surface area contributed by atoms with Crippen LogP contribution in [0.1, 0.15) is 19.4 Å². The molecular formula is C12H12F4S. The standard InChI is InChI=1S/C12H12F4S/c1-8(2)11-7-9-5-3-4-6-10(9)17(11,16)12(13,14)15/h3-8H,1-2H3. The molecule has 1 unspecified atom stereocenters. The van der Waals surface area contributed by atoms with Crippen LogP contribution in [0.25, 0.3) is 6.08 Å². The highest BCUT2D eigenvalue weighted by atomic mass is 32.3. The summed E-state index contributed by atoms with van der Waals surface area (Å²) in [5.74, 6) is -0.455. The number of hydrogen-bond donors (Lipinski definition) is 0. The molecule has 0 saturated carbocycles. The number of halogens is 4. The van der Waals surface area contributed by atoms with E-state index in [1.807, 2.05) is 0 Å². The van der Waals surface area contributed by atoms with Crippen molar-refractivity contribution in [3.05, 3.63) is 34.7 Å². The Morgan fingerprint density at radius 3 is 2.24 bits per heavy atom. The highest BCUT2D eigenvalue weighted by Crippen LogP contribution is 2.78. The van der Waals surface area contributed by atoms with Crippen molar-refractivity contribution in [2.45, 2.75) is 24.3 Å². The molecule has 0 nitrogen and oxygen atoms in total. The van der Waals surface area contributed by atoms with Crippen LogP contribution in [0.4, 0.5) is 17.1 Å². The largest absolute Gasteiger partial charge is 0.459 e. The summed E-state index contributed by atoms with van der Waals surface area (Å²) >= 11 is 0. The lowest BCUT2D eigenvalue weighted by atomic mass is 10.1. The van der Waals surface area contributed by atoms with Crippen LogP contribution in [0.15, 0.2) is 34.1 Å². The van der Waals surface area contributed by atoms with Crippen molar-refractivity contribution in [2.24, 2.45) is 5.92 Å². The van der Waals surface area contributed by atoms with Crippen LogP contribution >= 0.6 is 10.4 Å². The average molecular weight is 264 g/mol. The van der Waals surface area contributed by atoms with Gasteiger partial charge in [0.15, 0.2) is 0 Å². The maximum Gasteiger partial charge on any atom is 0.459 e. The normalized spacial score (nSPS) is 27.6. The summed E-state index contributed by atoms with van der Waals surface area (Å²) in [4.78, 5) is -0.345. The molecule has 94 valence electrons. The summed E-state index contributed by atoms with van der Waals surface area (Å²) in [5.41, 5.74) is -4.48. The lowest BCUT2D eigenvalue weighted by molar-refractivity contribution is -0.0414. The summed E-state index contributed by atoms with van der Waals surface area (Å²) in [6.07, 6.45) is 1.35. The van der Waals surface area contributed by atoms with Crippen molar-refractivity contribution in [3.8, 4) is 0 Å². The van der Waals surface area contributed by atoms with Gasteiger partial charge < -0.3 is 0 Å². The predicted octanol–water partition coefficient (Wildman–Crippen LogP) is 5.26. The highest BCUT2D eigenvalue weighted by Gasteiger charge is 2.58. The molecule has 0 aliphatic carbocycles. The van der Waals surface area contributed by atoms with Gasteiger partial charge >= 0.3 is 5.51 Å². The molecule has 1 atom stereocenters. The summed E-state index contributed by atoms with van der Waals surface area (Å²) in [7, 11) is -4.36. The molecule has 17 heavy (non-hydrogen) atoms. The van der Waals surface area contributed by atoms with Crippen LogP contribution in [-0.2, 0) is 0 Å². The van der Waals surface area contributed by atoms with Gasteiger partial charge in [-0.2, -0.15) is 17.1 Å². The molecule has 0 bridgehead atoms. The van der Waals surface area contributed by atoms with E-state index in [2.05, 4.69) is 0 Å². The van der Waals surface area contributed by atoms with Crippen LogP contribution in [0.5, 0.6) is 0 Å². The minimum absolute atomic E-state index is 0.133. The zero-order valence-electron chi connectivity index (χ0n) is 9.38. The summed E-state index contributed by atoms with van der Waals surface area (Å²) in [5, 5.41) is 0. The molecule has 0 radical (unpaired) electrons. The average Bonchev–Trinajstić information content (AvgIpc) is 2.54. The first-order valence-electron chi connectivity index (χ1n) is 5.18. The Morgan fingerprint density at radius 2 is 1.71 bits per heavy atom. The Bertz CT molecular complexity index is 476. The molecule has 1 aromatic rings. The number of alkyl halides is 3. The quantitative estimate of drug-likeness (QED) is 0.606. The summed E-state index contributed by atoms with van der Waals surface area (Å²) in [6.45, 7) is 3.18. The Labute approximate surface area is 98.9 Å². The second-order valence-electron chi connectivity index (χ2n) is 4.22. The first-order chi connectivity index (χ1) is 7.78. The Kier molecular flexibility index (Phi) is 2.77.